The van der Waals surface area contributed by atoms with Crippen LogP contribution in [0.4, 0.5) is 5.69 Å². The van der Waals surface area contributed by atoms with Crippen molar-refractivity contribution >= 4 is 62.1 Å². The first-order valence-corrected chi connectivity index (χ1v) is 8.18. The van der Waals surface area contributed by atoms with Gasteiger partial charge < -0.3 is 10.6 Å². The Morgan fingerprint density at radius 3 is 2.86 bits per heavy atom. The molecule has 8 heteroatoms. The van der Waals surface area contributed by atoms with E-state index in [9.17, 15) is 0 Å². The van der Waals surface area contributed by atoms with Crippen molar-refractivity contribution < 1.29 is 0 Å². The summed E-state index contributed by atoms with van der Waals surface area (Å²) in [4.78, 5) is 0. The summed E-state index contributed by atoms with van der Waals surface area (Å²) < 4.78 is 2.72. The highest BCUT2D eigenvalue weighted by molar-refractivity contribution is 9.10. The van der Waals surface area contributed by atoms with Crippen LogP contribution < -0.4 is 10.6 Å². The van der Waals surface area contributed by atoms with Crippen molar-refractivity contribution in [3.63, 3.8) is 0 Å². The summed E-state index contributed by atoms with van der Waals surface area (Å²) in [7, 11) is 0. The van der Waals surface area contributed by atoms with E-state index in [0.29, 0.717) is 15.2 Å². The molecule has 4 nitrogen and oxygen atoms in total. The summed E-state index contributed by atoms with van der Waals surface area (Å²) >= 11 is 20.5. The highest BCUT2D eigenvalue weighted by Crippen LogP contribution is 2.25. The molecule has 0 radical (unpaired) electrons. The van der Waals surface area contributed by atoms with Crippen molar-refractivity contribution in [2.75, 3.05) is 11.9 Å². The number of hydrogen-bond acceptors (Lipinski definition) is 2. The number of aryl methyl sites for hydroxylation is 1. The lowest BCUT2D eigenvalue weighted by atomic mass is 10.3. The van der Waals surface area contributed by atoms with E-state index in [1.54, 1.807) is 17.1 Å². The smallest absolute Gasteiger partial charge is 0.170 e. The standard InChI is InChI=1S/C13H13BrCl2N4S/c14-9-2-3-12(11(16)6-9)19-13(21)17-4-1-5-20-8-10(15)7-18-20/h2-3,6-8H,1,4-5H2,(H2,17,19,21). The largest absolute Gasteiger partial charge is 0.362 e. The van der Waals surface area contributed by atoms with Gasteiger partial charge in [-0.2, -0.15) is 5.10 Å². The molecule has 0 unspecified atom stereocenters. The lowest BCUT2D eigenvalue weighted by Gasteiger charge is -2.12. The number of rotatable bonds is 5. The Balaban J connectivity index is 1.72. The minimum absolute atomic E-state index is 0.540. The van der Waals surface area contributed by atoms with Crippen LogP contribution in [-0.2, 0) is 6.54 Å². The maximum atomic E-state index is 6.11. The summed E-state index contributed by atoms with van der Waals surface area (Å²) in [6.07, 6.45) is 4.30. The third-order valence-corrected chi connectivity index (χ3v) is 3.88. The second kappa shape index (κ2) is 7.98. The van der Waals surface area contributed by atoms with E-state index in [0.717, 1.165) is 29.7 Å². The summed E-state index contributed by atoms with van der Waals surface area (Å²) in [5.74, 6) is 0. The van der Waals surface area contributed by atoms with Crippen molar-refractivity contribution in [1.29, 1.82) is 0 Å². The lowest BCUT2D eigenvalue weighted by Crippen LogP contribution is -2.29. The van der Waals surface area contributed by atoms with Crippen LogP contribution in [0.25, 0.3) is 0 Å². The second-order valence-electron chi connectivity index (χ2n) is 4.28. The van der Waals surface area contributed by atoms with Crippen LogP contribution >= 0.6 is 51.3 Å². The topological polar surface area (TPSA) is 41.9 Å². The summed E-state index contributed by atoms with van der Waals surface area (Å²) in [5.41, 5.74) is 0.774. The molecule has 0 saturated heterocycles. The molecular weight excluding hydrogens is 395 g/mol. The van der Waals surface area contributed by atoms with Crippen molar-refractivity contribution in [2.45, 2.75) is 13.0 Å². The molecule has 0 aliphatic carbocycles. The molecule has 0 bridgehead atoms. The Kier molecular flexibility index (Phi) is 6.29. The molecule has 2 rings (SSSR count). The third-order valence-electron chi connectivity index (χ3n) is 2.63. The monoisotopic (exact) mass is 406 g/mol. The number of halogens is 3. The first-order valence-electron chi connectivity index (χ1n) is 6.22. The van der Waals surface area contributed by atoms with E-state index < -0.39 is 0 Å². The predicted octanol–water partition coefficient (Wildman–Crippen LogP) is 4.33. The molecule has 0 atom stereocenters. The number of benzene rings is 1. The molecule has 0 spiro atoms. The van der Waals surface area contributed by atoms with E-state index in [1.807, 2.05) is 18.2 Å². The van der Waals surface area contributed by atoms with Crippen LogP contribution in [0.2, 0.25) is 10.0 Å². The van der Waals surface area contributed by atoms with Gasteiger partial charge in [0, 0.05) is 23.8 Å². The third kappa shape index (κ3) is 5.47. The molecule has 112 valence electrons. The Bertz CT molecular complexity index is 632. The first-order chi connectivity index (χ1) is 10.0. The Morgan fingerprint density at radius 2 is 2.19 bits per heavy atom. The van der Waals surface area contributed by atoms with Crippen LogP contribution in [0.5, 0.6) is 0 Å². The summed E-state index contributed by atoms with van der Waals surface area (Å²) in [5, 5.41) is 12.1. The van der Waals surface area contributed by atoms with Gasteiger partial charge in [0.1, 0.15) is 0 Å². The summed E-state index contributed by atoms with van der Waals surface area (Å²) in [6.45, 7) is 1.51. The van der Waals surface area contributed by atoms with Gasteiger partial charge in [0.05, 0.1) is 21.9 Å². The molecule has 21 heavy (non-hydrogen) atoms. The molecule has 1 aromatic carbocycles. The van der Waals surface area contributed by atoms with E-state index in [4.69, 9.17) is 35.4 Å². The van der Waals surface area contributed by atoms with Gasteiger partial charge in [-0.15, -0.1) is 0 Å². The SMILES string of the molecule is S=C(NCCCn1cc(Cl)cn1)Nc1ccc(Br)cc1Cl. The van der Waals surface area contributed by atoms with Crippen LogP contribution in [0.1, 0.15) is 6.42 Å². The number of hydrogen-bond donors (Lipinski definition) is 2. The van der Waals surface area contributed by atoms with Gasteiger partial charge in [-0.05, 0) is 36.8 Å². The highest BCUT2D eigenvalue weighted by Gasteiger charge is 2.03. The van der Waals surface area contributed by atoms with Gasteiger partial charge in [-0.3, -0.25) is 4.68 Å². The van der Waals surface area contributed by atoms with Crippen molar-refractivity contribution in [1.82, 2.24) is 15.1 Å². The predicted molar refractivity (Wildman–Crippen MR) is 95.2 cm³/mol. The molecule has 0 aliphatic rings. The van der Waals surface area contributed by atoms with Crippen LogP contribution in [0, 0.1) is 0 Å². The molecule has 1 heterocycles. The van der Waals surface area contributed by atoms with Crippen molar-refractivity contribution in [3.8, 4) is 0 Å². The van der Waals surface area contributed by atoms with Gasteiger partial charge in [0.15, 0.2) is 5.11 Å². The number of nitrogens with zero attached hydrogens (tertiary/aromatic N) is 2. The first kappa shape index (κ1) is 16.5. The van der Waals surface area contributed by atoms with Crippen molar-refractivity contribution in [2.24, 2.45) is 0 Å². The fourth-order valence-corrected chi connectivity index (χ4v) is 2.75. The van der Waals surface area contributed by atoms with E-state index in [2.05, 4.69) is 31.7 Å². The van der Waals surface area contributed by atoms with Gasteiger partial charge in [-0.1, -0.05) is 39.1 Å². The Hall–Kier alpha value is -0.820. The lowest BCUT2D eigenvalue weighted by molar-refractivity contribution is 0.574. The number of aromatic nitrogens is 2. The zero-order valence-electron chi connectivity index (χ0n) is 10.9. The number of thiocarbonyl (C=S) groups is 1. The normalized spacial score (nSPS) is 10.4. The minimum atomic E-state index is 0.540. The molecule has 2 aromatic rings. The van der Waals surface area contributed by atoms with Crippen LogP contribution in [0.3, 0.4) is 0 Å². The number of anilines is 1. The maximum Gasteiger partial charge on any atom is 0.170 e. The fourth-order valence-electron chi connectivity index (χ4n) is 1.66. The van der Waals surface area contributed by atoms with E-state index >= 15 is 0 Å². The highest BCUT2D eigenvalue weighted by atomic mass is 79.9. The van der Waals surface area contributed by atoms with Gasteiger partial charge >= 0.3 is 0 Å². The van der Waals surface area contributed by atoms with E-state index in [1.165, 1.54) is 0 Å². The Morgan fingerprint density at radius 1 is 1.38 bits per heavy atom. The summed E-state index contributed by atoms with van der Waals surface area (Å²) in [6, 6.07) is 5.58. The maximum absolute atomic E-state index is 6.11. The van der Waals surface area contributed by atoms with Crippen molar-refractivity contribution in [3.05, 3.63) is 45.1 Å². The minimum Gasteiger partial charge on any atom is -0.362 e. The molecule has 0 amide bonds. The second-order valence-corrected chi connectivity index (χ2v) is 6.45. The zero-order valence-corrected chi connectivity index (χ0v) is 14.9. The molecule has 0 aliphatic heterocycles. The molecule has 0 fully saturated rings. The molecule has 2 N–H and O–H groups in total. The van der Waals surface area contributed by atoms with Crippen LogP contribution in [0.15, 0.2) is 35.1 Å². The zero-order chi connectivity index (χ0) is 15.2. The molecular formula is C13H13BrCl2N4S. The molecule has 0 saturated carbocycles. The van der Waals surface area contributed by atoms with Gasteiger partial charge in [0.25, 0.3) is 0 Å². The Labute approximate surface area is 146 Å². The van der Waals surface area contributed by atoms with Gasteiger partial charge in [-0.25, -0.2) is 0 Å². The average Bonchev–Trinajstić information content (AvgIpc) is 2.84. The van der Waals surface area contributed by atoms with Gasteiger partial charge in [0.2, 0.25) is 0 Å². The van der Waals surface area contributed by atoms with Crippen LogP contribution in [-0.4, -0.2) is 21.4 Å². The van der Waals surface area contributed by atoms with E-state index in [-0.39, 0.29) is 0 Å². The fraction of sp³-hybridized carbons (Fsp3) is 0.231. The number of nitrogens with one attached hydrogen (secondary N) is 2. The molecule has 1 aromatic heterocycles. The quantitative estimate of drug-likeness (QED) is 0.571. The average molecular weight is 408 g/mol.